The molecular weight excluding hydrogens is 216 g/mol. The number of benzene rings is 1. The van der Waals surface area contributed by atoms with Crippen LogP contribution in [0.1, 0.15) is 37.7 Å². The Morgan fingerprint density at radius 3 is 2.38 bits per heavy atom. The van der Waals surface area contributed by atoms with E-state index in [9.17, 15) is 4.79 Å². The van der Waals surface area contributed by atoms with Gasteiger partial charge in [-0.3, -0.25) is 4.79 Å². The van der Waals surface area contributed by atoms with Gasteiger partial charge in [0.05, 0.1) is 0 Å². The molecule has 1 saturated carbocycles. The van der Waals surface area contributed by atoms with E-state index in [-0.39, 0.29) is 0 Å². The van der Waals surface area contributed by atoms with Crippen molar-refractivity contribution in [3.63, 3.8) is 0 Å². The Hall–Kier alpha value is -0.760. The summed E-state index contributed by atoms with van der Waals surface area (Å²) in [5.41, 5.74) is 1.24. The normalized spacial score (nSPS) is 17.3. The lowest BCUT2D eigenvalue weighted by Gasteiger charge is -2.19. The van der Waals surface area contributed by atoms with Gasteiger partial charge in [-0.25, -0.2) is 0 Å². The maximum atomic E-state index is 12.0. The van der Waals surface area contributed by atoms with Crippen LogP contribution in [0.25, 0.3) is 0 Å². The quantitative estimate of drug-likeness (QED) is 0.714. The second-order valence-corrected chi connectivity index (χ2v) is 5.65. The van der Waals surface area contributed by atoms with Gasteiger partial charge in [-0.2, -0.15) is 0 Å². The first kappa shape index (κ1) is 11.7. The van der Waals surface area contributed by atoms with E-state index in [0.29, 0.717) is 11.0 Å². The monoisotopic (exact) mass is 234 g/mol. The van der Waals surface area contributed by atoms with Crippen molar-refractivity contribution in [3.05, 3.63) is 29.8 Å². The van der Waals surface area contributed by atoms with Gasteiger partial charge in [0.25, 0.3) is 0 Å². The smallest absolute Gasteiger partial charge is 0.196 e. The Labute approximate surface area is 102 Å². The van der Waals surface area contributed by atoms with Crippen molar-refractivity contribution in [2.45, 2.75) is 43.9 Å². The number of carbonyl (C=O) groups excluding carboxylic acids is 1. The molecule has 86 valence electrons. The van der Waals surface area contributed by atoms with Crippen LogP contribution in [0.15, 0.2) is 29.2 Å². The molecule has 0 N–H and O–H groups in total. The number of hydrogen-bond donors (Lipinski definition) is 0. The first-order valence-corrected chi connectivity index (χ1v) is 6.86. The minimum Gasteiger partial charge on any atom is -0.287 e. The number of thioether (sulfide) groups is 1. The van der Waals surface area contributed by atoms with Gasteiger partial charge in [0.2, 0.25) is 0 Å². The zero-order valence-electron chi connectivity index (χ0n) is 9.74. The van der Waals surface area contributed by atoms with Crippen LogP contribution < -0.4 is 0 Å². The average Bonchev–Trinajstić information content (AvgIpc) is 2.33. The third-order valence-electron chi connectivity index (χ3n) is 3.18. The summed E-state index contributed by atoms with van der Waals surface area (Å²) in [5, 5.41) is 0.364. The molecule has 0 amide bonds. The van der Waals surface area contributed by atoms with Crippen molar-refractivity contribution in [1.82, 2.24) is 0 Å². The number of aryl methyl sites for hydroxylation is 1. The molecule has 2 heteroatoms. The first-order chi connectivity index (χ1) is 7.75. The fourth-order valence-electron chi connectivity index (χ4n) is 2.14. The first-order valence-electron chi connectivity index (χ1n) is 6.04. The lowest BCUT2D eigenvalue weighted by Crippen LogP contribution is -2.14. The lowest BCUT2D eigenvalue weighted by molar-refractivity contribution is -0.115. The SMILES string of the molecule is Cc1ccc(SC(=O)C2CCCCC2)cc1. The van der Waals surface area contributed by atoms with Crippen LogP contribution in [0.4, 0.5) is 0 Å². The van der Waals surface area contributed by atoms with E-state index in [1.54, 1.807) is 0 Å². The van der Waals surface area contributed by atoms with E-state index in [0.717, 1.165) is 17.7 Å². The summed E-state index contributed by atoms with van der Waals surface area (Å²) >= 11 is 1.42. The second-order valence-electron chi connectivity index (χ2n) is 4.57. The molecule has 0 aliphatic heterocycles. The van der Waals surface area contributed by atoms with Gasteiger partial charge in [0, 0.05) is 10.8 Å². The van der Waals surface area contributed by atoms with E-state index in [1.165, 1.54) is 36.6 Å². The van der Waals surface area contributed by atoms with E-state index in [1.807, 2.05) is 12.1 Å². The fourth-order valence-corrected chi connectivity index (χ4v) is 3.05. The van der Waals surface area contributed by atoms with Crippen molar-refractivity contribution in [2.24, 2.45) is 5.92 Å². The van der Waals surface area contributed by atoms with E-state index < -0.39 is 0 Å². The van der Waals surface area contributed by atoms with Gasteiger partial charge in [0.1, 0.15) is 0 Å². The Balaban J connectivity index is 1.93. The maximum absolute atomic E-state index is 12.0. The van der Waals surface area contributed by atoms with Crippen LogP contribution in [-0.4, -0.2) is 5.12 Å². The lowest BCUT2D eigenvalue weighted by atomic mass is 9.90. The Morgan fingerprint density at radius 2 is 1.75 bits per heavy atom. The molecule has 1 aromatic carbocycles. The Bertz CT molecular complexity index is 350. The third kappa shape index (κ3) is 3.11. The van der Waals surface area contributed by atoms with Crippen molar-refractivity contribution >= 4 is 16.9 Å². The van der Waals surface area contributed by atoms with Crippen LogP contribution in [0.3, 0.4) is 0 Å². The van der Waals surface area contributed by atoms with Crippen LogP contribution in [0.2, 0.25) is 0 Å². The number of rotatable bonds is 2. The molecule has 0 heterocycles. The molecule has 0 saturated heterocycles. The molecule has 16 heavy (non-hydrogen) atoms. The van der Waals surface area contributed by atoms with E-state index in [4.69, 9.17) is 0 Å². The Kier molecular flexibility index (Phi) is 4.05. The molecule has 1 fully saturated rings. The molecule has 1 aliphatic carbocycles. The number of carbonyl (C=O) groups is 1. The predicted molar refractivity (Wildman–Crippen MR) is 68.6 cm³/mol. The molecule has 1 nitrogen and oxygen atoms in total. The summed E-state index contributed by atoms with van der Waals surface area (Å²) in [7, 11) is 0. The summed E-state index contributed by atoms with van der Waals surface area (Å²) in [6.07, 6.45) is 5.95. The zero-order valence-corrected chi connectivity index (χ0v) is 10.6. The highest BCUT2D eigenvalue weighted by molar-refractivity contribution is 8.13. The molecule has 0 radical (unpaired) electrons. The summed E-state index contributed by atoms with van der Waals surface area (Å²) in [6.45, 7) is 2.07. The molecule has 1 aromatic rings. The van der Waals surface area contributed by atoms with Crippen LogP contribution in [0.5, 0.6) is 0 Å². The highest BCUT2D eigenvalue weighted by Crippen LogP contribution is 2.31. The van der Waals surface area contributed by atoms with Crippen molar-refractivity contribution in [2.75, 3.05) is 0 Å². The van der Waals surface area contributed by atoms with Gasteiger partial charge >= 0.3 is 0 Å². The van der Waals surface area contributed by atoms with Gasteiger partial charge in [-0.05, 0) is 31.9 Å². The van der Waals surface area contributed by atoms with Crippen molar-refractivity contribution < 1.29 is 4.79 Å². The van der Waals surface area contributed by atoms with Gasteiger partial charge in [-0.1, -0.05) is 48.7 Å². The van der Waals surface area contributed by atoms with Gasteiger partial charge < -0.3 is 0 Å². The standard InChI is InChI=1S/C14H18OS/c1-11-7-9-13(10-8-11)16-14(15)12-5-3-2-4-6-12/h7-10,12H,2-6H2,1H3. The fraction of sp³-hybridized carbons (Fsp3) is 0.500. The highest BCUT2D eigenvalue weighted by atomic mass is 32.2. The van der Waals surface area contributed by atoms with Crippen molar-refractivity contribution in [1.29, 1.82) is 0 Å². The molecule has 0 atom stereocenters. The van der Waals surface area contributed by atoms with E-state index >= 15 is 0 Å². The second kappa shape index (κ2) is 5.53. The zero-order chi connectivity index (χ0) is 11.4. The highest BCUT2D eigenvalue weighted by Gasteiger charge is 2.21. The minimum atomic E-state index is 0.306. The molecular formula is C14H18OS. The van der Waals surface area contributed by atoms with Gasteiger partial charge in [-0.15, -0.1) is 0 Å². The maximum Gasteiger partial charge on any atom is 0.196 e. The molecule has 1 aliphatic rings. The number of hydrogen-bond acceptors (Lipinski definition) is 2. The van der Waals surface area contributed by atoms with Crippen LogP contribution >= 0.6 is 11.8 Å². The predicted octanol–water partition coefficient (Wildman–Crippen LogP) is 4.19. The summed E-state index contributed by atoms with van der Waals surface area (Å²) in [4.78, 5) is 13.1. The largest absolute Gasteiger partial charge is 0.287 e. The van der Waals surface area contributed by atoms with Crippen LogP contribution in [0, 0.1) is 12.8 Å². The topological polar surface area (TPSA) is 17.1 Å². The molecule has 0 unspecified atom stereocenters. The van der Waals surface area contributed by atoms with E-state index in [2.05, 4.69) is 19.1 Å². The molecule has 0 spiro atoms. The average molecular weight is 234 g/mol. The Morgan fingerprint density at radius 1 is 1.12 bits per heavy atom. The summed E-state index contributed by atoms with van der Waals surface area (Å²) in [6, 6.07) is 8.22. The summed E-state index contributed by atoms with van der Waals surface area (Å²) < 4.78 is 0. The molecule has 2 rings (SSSR count). The van der Waals surface area contributed by atoms with Crippen molar-refractivity contribution in [3.8, 4) is 0 Å². The van der Waals surface area contributed by atoms with Gasteiger partial charge in [0.15, 0.2) is 5.12 Å². The minimum absolute atomic E-state index is 0.306. The summed E-state index contributed by atoms with van der Waals surface area (Å²) in [5.74, 6) is 0.306. The molecule has 0 bridgehead atoms. The molecule has 0 aromatic heterocycles. The third-order valence-corrected chi connectivity index (χ3v) is 4.22. The van der Waals surface area contributed by atoms with Crippen LogP contribution in [-0.2, 0) is 4.79 Å².